The van der Waals surface area contributed by atoms with Crippen molar-refractivity contribution in [2.24, 2.45) is 0 Å². The minimum atomic E-state index is -3.66. The number of hydrogen-bond acceptors (Lipinski definition) is 4. The van der Waals surface area contributed by atoms with Crippen LogP contribution in [-0.2, 0) is 27.8 Å². The molecular formula is C27H30N2O4S. The highest BCUT2D eigenvalue weighted by Gasteiger charge is 2.26. The molecule has 1 unspecified atom stereocenters. The number of carbonyl (C=O) groups excluding carboxylic acids is 1. The molecule has 0 saturated carbocycles. The van der Waals surface area contributed by atoms with Gasteiger partial charge in [0.1, 0.15) is 0 Å². The highest BCUT2D eigenvalue weighted by Crippen LogP contribution is 2.21. The van der Waals surface area contributed by atoms with Gasteiger partial charge in [0.05, 0.1) is 11.0 Å². The summed E-state index contributed by atoms with van der Waals surface area (Å²) in [7, 11) is -2.09. The lowest BCUT2D eigenvalue weighted by Crippen LogP contribution is -2.34. The summed E-state index contributed by atoms with van der Waals surface area (Å²) in [5.74, 6) is -0.149. The Bertz CT molecular complexity index is 1130. The number of amides is 1. The van der Waals surface area contributed by atoms with E-state index in [0.717, 1.165) is 24.0 Å². The average Bonchev–Trinajstić information content (AvgIpc) is 3.37. The van der Waals surface area contributed by atoms with E-state index in [0.29, 0.717) is 31.8 Å². The third-order valence-corrected chi connectivity index (χ3v) is 7.85. The zero-order valence-corrected chi connectivity index (χ0v) is 20.2. The number of ether oxygens (including phenoxy) is 1. The van der Waals surface area contributed by atoms with Gasteiger partial charge in [-0.1, -0.05) is 60.7 Å². The molecule has 6 nitrogen and oxygen atoms in total. The largest absolute Gasteiger partial charge is 0.377 e. The molecule has 1 aliphatic heterocycles. The first-order valence-electron chi connectivity index (χ1n) is 11.5. The van der Waals surface area contributed by atoms with E-state index >= 15 is 0 Å². The first kappa shape index (κ1) is 24.1. The molecule has 1 aliphatic rings. The second-order valence-electron chi connectivity index (χ2n) is 8.58. The van der Waals surface area contributed by atoms with Crippen LogP contribution >= 0.6 is 0 Å². The van der Waals surface area contributed by atoms with Crippen molar-refractivity contribution in [2.45, 2.75) is 36.9 Å². The first-order chi connectivity index (χ1) is 16.4. The van der Waals surface area contributed by atoms with Gasteiger partial charge in [0.25, 0.3) is 5.91 Å². The Hall–Kier alpha value is -3.00. The molecule has 3 aromatic rings. The summed E-state index contributed by atoms with van der Waals surface area (Å²) in [6, 6.07) is 25.9. The number of benzene rings is 3. The van der Waals surface area contributed by atoms with E-state index in [1.165, 1.54) is 16.4 Å². The summed E-state index contributed by atoms with van der Waals surface area (Å²) in [5, 5.41) is 0. The van der Waals surface area contributed by atoms with E-state index in [4.69, 9.17) is 4.74 Å². The Balaban J connectivity index is 1.52. The minimum Gasteiger partial charge on any atom is -0.377 e. The number of hydrogen-bond donors (Lipinski definition) is 0. The van der Waals surface area contributed by atoms with E-state index in [2.05, 4.69) is 0 Å². The zero-order chi connectivity index (χ0) is 24.0. The van der Waals surface area contributed by atoms with Gasteiger partial charge in [0.15, 0.2) is 0 Å². The Morgan fingerprint density at radius 3 is 1.94 bits per heavy atom. The fourth-order valence-corrected chi connectivity index (χ4v) is 5.31. The van der Waals surface area contributed by atoms with Gasteiger partial charge in [-0.2, -0.15) is 4.31 Å². The van der Waals surface area contributed by atoms with Crippen molar-refractivity contribution in [1.82, 2.24) is 9.21 Å². The summed E-state index contributed by atoms with van der Waals surface area (Å²) in [5.41, 5.74) is 2.51. The van der Waals surface area contributed by atoms with Gasteiger partial charge >= 0.3 is 0 Å². The van der Waals surface area contributed by atoms with E-state index < -0.39 is 10.0 Å². The van der Waals surface area contributed by atoms with Crippen LogP contribution in [0, 0.1) is 0 Å². The third-order valence-electron chi connectivity index (χ3n) is 6.01. The van der Waals surface area contributed by atoms with Crippen molar-refractivity contribution in [3.63, 3.8) is 0 Å². The number of likely N-dealkylation sites (N-methyl/N-ethyl adjacent to an activating group) is 1. The molecule has 7 heteroatoms. The van der Waals surface area contributed by atoms with Crippen LogP contribution in [-0.4, -0.2) is 49.8 Å². The lowest BCUT2D eigenvalue weighted by atomic mass is 10.1. The maximum absolute atomic E-state index is 13.4. The van der Waals surface area contributed by atoms with E-state index in [1.54, 1.807) is 24.1 Å². The first-order valence-corrected chi connectivity index (χ1v) is 12.9. The Morgan fingerprint density at radius 2 is 1.44 bits per heavy atom. The molecule has 0 bridgehead atoms. The molecule has 0 aromatic heterocycles. The van der Waals surface area contributed by atoms with Gasteiger partial charge in [0.2, 0.25) is 10.0 Å². The van der Waals surface area contributed by atoms with Gasteiger partial charge in [-0.3, -0.25) is 4.79 Å². The van der Waals surface area contributed by atoms with Crippen LogP contribution in [0.2, 0.25) is 0 Å². The predicted molar refractivity (Wildman–Crippen MR) is 132 cm³/mol. The molecule has 1 fully saturated rings. The maximum atomic E-state index is 13.4. The smallest absolute Gasteiger partial charge is 0.254 e. The second kappa shape index (κ2) is 11.0. The predicted octanol–water partition coefficient (Wildman–Crippen LogP) is 4.33. The van der Waals surface area contributed by atoms with Crippen LogP contribution in [0.25, 0.3) is 0 Å². The molecule has 1 saturated heterocycles. The van der Waals surface area contributed by atoms with Gasteiger partial charge in [-0.25, -0.2) is 8.42 Å². The summed E-state index contributed by atoms with van der Waals surface area (Å²) in [6.07, 6.45) is 1.76. The normalized spacial score (nSPS) is 16.0. The molecular weight excluding hydrogens is 448 g/mol. The molecule has 0 radical (unpaired) electrons. The minimum absolute atomic E-state index is 0.0647. The number of sulfonamides is 1. The van der Waals surface area contributed by atoms with Crippen molar-refractivity contribution < 1.29 is 17.9 Å². The van der Waals surface area contributed by atoms with Crippen molar-refractivity contribution in [1.29, 1.82) is 0 Å². The Labute approximate surface area is 201 Å². The standard InChI is InChI=1S/C27H30N2O4S/c1-28(21-25-13-8-18-33-25)34(31,32)26-16-14-24(15-17-26)27(30)29(19-22-9-4-2-5-10-22)20-23-11-6-3-7-12-23/h2-7,9-12,14-17,25H,8,13,18-21H2,1H3. The maximum Gasteiger partial charge on any atom is 0.254 e. The number of nitrogens with zero attached hydrogens (tertiary/aromatic N) is 2. The van der Waals surface area contributed by atoms with Crippen molar-refractivity contribution >= 4 is 15.9 Å². The van der Waals surface area contributed by atoms with Crippen molar-refractivity contribution in [3.05, 3.63) is 102 Å². The zero-order valence-electron chi connectivity index (χ0n) is 19.3. The van der Waals surface area contributed by atoms with Crippen LogP contribution in [0.4, 0.5) is 0 Å². The van der Waals surface area contributed by atoms with Crippen LogP contribution in [0.1, 0.15) is 34.3 Å². The summed E-state index contributed by atoms with van der Waals surface area (Å²) in [4.78, 5) is 15.4. The monoisotopic (exact) mass is 478 g/mol. The fraction of sp³-hybridized carbons (Fsp3) is 0.296. The van der Waals surface area contributed by atoms with E-state index in [1.807, 2.05) is 60.7 Å². The average molecular weight is 479 g/mol. The molecule has 3 aromatic carbocycles. The van der Waals surface area contributed by atoms with Crippen LogP contribution in [0.15, 0.2) is 89.8 Å². The summed E-state index contributed by atoms with van der Waals surface area (Å²) >= 11 is 0. The van der Waals surface area contributed by atoms with Crippen LogP contribution in [0.3, 0.4) is 0 Å². The van der Waals surface area contributed by atoms with Crippen molar-refractivity contribution in [2.75, 3.05) is 20.2 Å². The van der Waals surface area contributed by atoms with Crippen LogP contribution in [0.5, 0.6) is 0 Å². The van der Waals surface area contributed by atoms with Gasteiger partial charge in [-0.05, 0) is 48.2 Å². The van der Waals surface area contributed by atoms with Gasteiger partial charge < -0.3 is 9.64 Å². The lowest BCUT2D eigenvalue weighted by molar-refractivity contribution is 0.0730. The summed E-state index contributed by atoms with van der Waals surface area (Å²) in [6.45, 7) is 1.92. The quantitative estimate of drug-likeness (QED) is 0.459. The molecule has 1 atom stereocenters. The molecule has 4 rings (SSSR count). The summed E-state index contributed by atoms with van der Waals surface area (Å²) < 4.78 is 32.9. The SMILES string of the molecule is CN(CC1CCCO1)S(=O)(=O)c1ccc(C(=O)N(Cc2ccccc2)Cc2ccccc2)cc1. The molecule has 1 heterocycles. The topological polar surface area (TPSA) is 66.9 Å². The highest BCUT2D eigenvalue weighted by molar-refractivity contribution is 7.89. The van der Waals surface area contributed by atoms with E-state index in [9.17, 15) is 13.2 Å². The lowest BCUT2D eigenvalue weighted by Gasteiger charge is -2.24. The number of carbonyl (C=O) groups is 1. The Morgan fingerprint density at radius 1 is 0.882 bits per heavy atom. The van der Waals surface area contributed by atoms with E-state index in [-0.39, 0.29) is 16.9 Å². The Kier molecular flexibility index (Phi) is 7.77. The molecule has 178 valence electrons. The molecule has 1 amide bonds. The fourth-order valence-electron chi connectivity index (χ4n) is 4.11. The molecule has 0 spiro atoms. The highest BCUT2D eigenvalue weighted by atomic mass is 32.2. The van der Waals surface area contributed by atoms with Gasteiger partial charge in [-0.15, -0.1) is 0 Å². The number of rotatable bonds is 9. The van der Waals surface area contributed by atoms with Crippen LogP contribution < -0.4 is 0 Å². The third kappa shape index (κ3) is 5.91. The second-order valence-corrected chi connectivity index (χ2v) is 10.6. The van der Waals surface area contributed by atoms with Crippen molar-refractivity contribution in [3.8, 4) is 0 Å². The molecule has 34 heavy (non-hydrogen) atoms. The van der Waals surface area contributed by atoms with Gasteiger partial charge in [0, 0.05) is 38.9 Å². The molecule has 0 aliphatic carbocycles. The molecule has 0 N–H and O–H groups in total.